The first-order valence-electron chi connectivity index (χ1n) is 6.60. The molecule has 0 radical (unpaired) electrons. The molecule has 11 heteroatoms. The fraction of sp³-hybridized carbons (Fsp3) is 0.286. The standard InChI is InChI=1S/C14H10F6N2O3/c1-7-2-11(22-25-7)21-12(23)6-24-10-4-8(13(15,16)17)3-9(5-10)14(18,19)20/h2-5H,6H2,1H3,(H,21,22,23). The molecule has 0 unspecified atom stereocenters. The van der Waals surface area contributed by atoms with E-state index >= 15 is 0 Å². The summed E-state index contributed by atoms with van der Waals surface area (Å²) in [7, 11) is 0. The fourth-order valence-corrected chi connectivity index (χ4v) is 1.76. The van der Waals surface area contributed by atoms with Gasteiger partial charge in [-0.15, -0.1) is 0 Å². The van der Waals surface area contributed by atoms with Gasteiger partial charge in [0.05, 0.1) is 11.1 Å². The highest BCUT2D eigenvalue weighted by Gasteiger charge is 2.37. The predicted molar refractivity (Wildman–Crippen MR) is 71.8 cm³/mol. The maximum absolute atomic E-state index is 12.7. The van der Waals surface area contributed by atoms with E-state index in [-0.39, 0.29) is 11.9 Å². The third-order valence-corrected chi connectivity index (χ3v) is 2.83. The van der Waals surface area contributed by atoms with Crippen molar-refractivity contribution in [3.8, 4) is 5.75 Å². The van der Waals surface area contributed by atoms with Crippen molar-refractivity contribution in [1.82, 2.24) is 5.16 Å². The summed E-state index contributed by atoms with van der Waals surface area (Å²) >= 11 is 0. The molecule has 0 saturated carbocycles. The van der Waals surface area contributed by atoms with Crippen LogP contribution in [0.1, 0.15) is 16.9 Å². The lowest BCUT2D eigenvalue weighted by Gasteiger charge is -2.14. The summed E-state index contributed by atoms with van der Waals surface area (Å²) < 4.78 is 85.7. The zero-order valence-corrected chi connectivity index (χ0v) is 12.5. The molecule has 1 amide bonds. The predicted octanol–water partition coefficient (Wildman–Crippen LogP) is 4.04. The first-order valence-corrected chi connectivity index (χ1v) is 6.60. The molecule has 1 aromatic heterocycles. The highest BCUT2D eigenvalue weighted by Crippen LogP contribution is 2.38. The Bertz CT molecular complexity index is 734. The number of carbonyl (C=O) groups excluding carboxylic acids is 1. The van der Waals surface area contributed by atoms with E-state index in [9.17, 15) is 31.1 Å². The van der Waals surface area contributed by atoms with E-state index < -0.39 is 41.7 Å². The zero-order valence-electron chi connectivity index (χ0n) is 12.5. The summed E-state index contributed by atoms with van der Waals surface area (Å²) in [5.74, 6) is -1.15. The number of benzene rings is 1. The summed E-state index contributed by atoms with van der Waals surface area (Å²) in [5.41, 5.74) is -3.07. The van der Waals surface area contributed by atoms with Crippen LogP contribution in [0.3, 0.4) is 0 Å². The first-order chi connectivity index (χ1) is 11.4. The number of rotatable bonds is 4. The molecule has 0 aliphatic carbocycles. The van der Waals surface area contributed by atoms with Crippen LogP contribution in [0.5, 0.6) is 5.75 Å². The van der Waals surface area contributed by atoms with Crippen LogP contribution in [0.4, 0.5) is 32.2 Å². The Balaban J connectivity index is 2.13. The largest absolute Gasteiger partial charge is 0.484 e. The van der Waals surface area contributed by atoms with Crippen LogP contribution in [-0.2, 0) is 17.1 Å². The van der Waals surface area contributed by atoms with Crippen molar-refractivity contribution in [1.29, 1.82) is 0 Å². The van der Waals surface area contributed by atoms with Crippen LogP contribution in [-0.4, -0.2) is 17.7 Å². The maximum Gasteiger partial charge on any atom is 0.416 e. The van der Waals surface area contributed by atoms with Gasteiger partial charge in [0.15, 0.2) is 12.4 Å². The summed E-state index contributed by atoms with van der Waals surface area (Å²) in [6.45, 7) is 0.741. The Hall–Kier alpha value is -2.72. The highest BCUT2D eigenvalue weighted by atomic mass is 19.4. The van der Waals surface area contributed by atoms with Crippen molar-refractivity contribution in [3.05, 3.63) is 41.2 Å². The highest BCUT2D eigenvalue weighted by molar-refractivity contribution is 5.90. The van der Waals surface area contributed by atoms with E-state index in [1.165, 1.54) is 6.07 Å². The van der Waals surface area contributed by atoms with Crippen molar-refractivity contribution >= 4 is 11.7 Å². The number of nitrogens with zero attached hydrogens (tertiary/aromatic N) is 1. The van der Waals surface area contributed by atoms with Crippen LogP contribution in [0.15, 0.2) is 28.8 Å². The second kappa shape index (κ2) is 6.65. The second-order valence-electron chi connectivity index (χ2n) is 4.90. The van der Waals surface area contributed by atoms with E-state index in [1.54, 1.807) is 6.92 Å². The number of halogens is 6. The van der Waals surface area contributed by atoms with Crippen molar-refractivity contribution in [3.63, 3.8) is 0 Å². The Morgan fingerprint density at radius 3 is 2.08 bits per heavy atom. The number of alkyl halides is 6. The van der Waals surface area contributed by atoms with E-state index in [1.807, 2.05) is 0 Å². The number of amides is 1. The molecule has 2 aromatic rings. The summed E-state index contributed by atoms with van der Waals surface area (Å²) in [6.07, 6.45) is -10.0. The Morgan fingerprint density at radius 2 is 1.64 bits per heavy atom. The van der Waals surface area contributed by atoms with Crippen molar-refractivity contribution in [2.45, 2.75) is 19.3 Å². The molecule has 5 nitrogen and oxygen atoms in total. The van der Waals surface area contributed by atoms with Gasteiger partial charge in [-0.25, -0.2) is 0 Å². The van der Waals surface area contributed by atoms with Gasteiger partial charge >= 0.3 is 12.4 Å². The molecule has 0 saturated heterocycles. The average Bonchev–Trinajstić information content (AvgIpc) is 2.88. The molecule has 0 spiro atoms. The number of nitrogens with one attached hydrogen (secondary N) is 1. The molecule has 25 heavy (non-hydrogen) atoms. The Labute approximate surface area is 136 Å². The van der Waals surface area contributed by atoms with Gasteiger partial charge in [0.1, 0.15) is 11.5 Å². The van der Waals surface area contributed by atoms with Gasteiger partial charge in [-0.05, 0) is 25.1 Å². The van der Waals surface area contributed by atoms with E-state index in [4.69, 9.17) is 4.74 Å². The SMILES string of the molecule is Cc1cc(NC(=O)COc2cc(C(F)(F)F)cc(C(F)(F)F)c2)no1. The van der Waals surface area contributed by atoms with Crippen LogP contribution >= 0.6 is 0 Å². The smallest absolute Gasteiger partial charge is 0.416 e. The Kier molecular flexibility index (Phi) is 4.95. The fourth-order valence-electron chi connectivity index (χ4n) is 1.76. The lowest BCUT2D eigenvalue weighted by molar-refractivity contribution is -0.143. The molecule has 0 bridgehead atoms. The molecule has 0 aliphatic heterocycles. The molecule has 1 N–H and O–H groups in total. The van der Waals surface area contributed by atoms with Gasteiger partial charge in [-0.2, -0.15) is 26.3 Å². The number of aryl methyl sites for hydroxylation is 1. The van der Waals surface area contributed by atoms with Crippen LogP contribution in [0, 0.1) is 6.92 Å². The topological polar surface area (TPSA) is 64.4 Å². The summed E-state index contributed by atoms with van der Waals surface area (Å²) in [6, 6.07) is 2.08. The first kappa shape index (κ1) is 18.6. The third-order valence-electron chi connectivity index (χ3n) is 2.83. The van der Waals surface area contributed by atoms with Crippen molar-refractivity contribution in [2.24, 2.45) is 0 Å². The molecule has 0 fully saturated rings. The van der Waals surface area contributed by atoms with Gasteiger partial charge in [0, 0.05) is 6.07 Å². The van der Waals surface area contributed by atoms with Crippen molar-refractivity contribution < 1.29 is 40.4 Å². The van der Waals surface area contributed by atoms with Gasteiger partial charge < -0.3 is 14.6 Å². The van der Waals surface area contributed by atoms with E-state index in [0.29, 0.717) is 17.9 Å². The van der Waals surface area contributed by atoms with Crippen molar-refractivity contribution in [2.75, 3.05) is 11.9 Å². The number of hydrogen-bond acceptors (Lipinski definition) is 4. The minimum atomic E-state index is -5.00. The number of aromatic nitrogens is 1. The molecule has 0 atom stereocenters. The third kappa shape index (κ3) is 5.13. The molecule has 1 aromatic carbocycles. The molecule has 1 heterocycles. The van der Waals surface area contributed by atoms with Gasteiger partial charge in [-0.3, -0.25) is 4.79 Å². The van der Waals surface area contributed by atoms with E-state index in [0.717, 1.165) is 0 Å². The molecular weight excluding hydrogens is 358 g/mol. The number of ether oxygens (including phenoxy) is 1. The quantitative estimate of drug-likeness (QED) is 0.828. The minimum absolute atomic E-state index is 0.0334. The average molecular weight is 368 g/mol. The van der Waals surface area contributed by atoms with Crippen LogP contribution in [0.2, 0.25) is 0 Å². The maximum atomic E-state index is 12.7. The van der Waals surface area contributed by atoms with Gasteiger partial charge in [0.25, 0.3) is 5.91 Å². The lowest BCUT2D eigenvalue weighted by Crippen LogP contribution is -2.21. The van der Waals surface area contributed by atoms with E-state index in [2.05, 4.69) is 15.0 Å². The number of carbonyl (C=O) groups is 1. The summed E-state index contributed by atoms with van der Waals surface area (Å²) in [5, 5.41) is 5.65. The lowest BCUT2D eigenvalue weighted by atomic mass is 10.1. The molecule has 136 valence electrons. The minimum Gasteiger partial charge on any atom is -0.484 e. The molecule has 2 rings (SSSR count). The monoisotopic (exact) mass is 368 g/mol. The second-order valence-corrected chi connectivity index (χ2v) is 4.90. The summed E-state index contributed by atoms with van der Waals surface area (Å²) in [4.78, 5) is 11.6. The normalized spacial score (nSPS) is 12.1. The van der Waals surface area contributed by atoms with Crippen LogP contribution in [0.25, 0.3) is 0 Å². The van der Waals surface area contributed by atoms with Gasteiger partial charge in [0.2, 0.25) is 0 Å². The number of anilines is 1. The molecular formula is C14H10F6N2O3. The number of hydrogen-bond donors (Lipinski definition) is 1. The molecule has 0 aliphatic rings. The van der Waals surface area contributed by atoms with Crippen LogP contribution < -0.4 is 10.1 Å². The zero-order chi connectivity index (χ0) is 18.8. The Morgan fingerprint density at radius 1 is 1.08 bits per heavy atom. The van der Waals surface area contributed by atoms with Gasteiger partial charge in [-0.1, -0.05) is 5.16 Å².